The first-order valence-electron chi connectivity index (χ1n) is 9.34. The summed E-state index contributed by atoms with van der Waals surface area (Å²) >= 11 is 5.88. The number of halogens is 1. The standard InChI is InChI=1S/C21H26ClN3O2/c1-2-24-11-13-25(14-12-24)15-21(26)23-19-7-9-20(10-8-19)27-16-17-3-5-18(22)6-4-17/h3-10H,2,11-16H2,1H3,(H,23,26). The van der Waals surface area contributed by atoms with Gasteiger partial charge < -0.3 is 15.0 Å². The van der Waals surface area contributed by atoms with E-state index >= 15 is 0 Å². The van der Waals surface area contributed by atoms with Crippen LogP contribution in [0.15, 0.2) is 48.5 Å². The molecule has 6 heteroatoms. The van der Waals surface area contributed by atoms with Crippen LogP contribution in [-0.4, -0.2) is 55.0 Å². The van der Waals surface area contributed by atoms with E-state index in [4.69, 9.17) is 16.3 Å². The Bertz CT molecular complexity index is 726. The quantitative estimate of drug-likeness (QED) is 0.789. The summed E-state index contributed by atoms with van der Waals surface area (Å²) in [5.74, 6) is 0.786. The van der Waals surface area contributed by atoms with Crippen LogP contribution in [0, 0.1) is 0 Å². The molecular formula is C21H26ClN3O2. The van der Waals surface area contributed by atoms with Gasteiger partial charge in [-0.25, -0.2) is 0 Å². The number of carbonyl (C=O) groups excluding carboxylic acids is 1. The smallest absolute Gasteiger partial charge is 0.238 e. The van der Waals surface area contributed by atoms with Gasteiger partial charge in [0.25, 0.3) is 0 Å². The maximum Gasteiger partial charge on any atom is 0.238 e. The van der Waals surface area contributed by atoms with Crippen LogP contribution in [0.3, 0.4) is 0 Å². The molecule has 144 valence electrons. The molecule has 3 rings (SSSR count). The molecule has 1 aliphatic heterocycles. The Morgan fingerprint density at radius 2 is 1.63 bits per heavy atom. The van der Waals surface area contributed by atoms with E-state index in [2.05, 4.69) is 22.0 Å². The first kappa shape index (κ1) is 19.7. The van der Waals surface area contributed by atoms with Gasteiger partial charge in [-0.1, -0.05) is 30.7 Å². The van der Waals surface area contributed by atoms with Crippen molar-refractivity contribution in [3.05, 3.63) is 59.1 Å². The van der Waals surface area contributed by atoms with E-state index in [1.807, 2.05) is 48.5 Å². The van der Waals surface area contributed by atoms with Crippen LogP contribution in [-0.2, 0) is 11.4 Å². The highest BCUT2D eigenvalue weighted by Crippen LogP contribution is 2.18. The molecule has 0 bridgehead atoms. The van der Waals surface area contributed by atoms with Gasteiger partial charge >= 0.3 is 0 Å². The number of amides is 1. The third-order valence-corrected chi connectivity index (χ3v) is 4.99. The molecule has 0 saturated carbocycles. The van der Waals surface area contributed by atoms with Gasteiger partial charge in [0.15, 0.2) is 0 Å². The number of nitrogens with zero attached hydrogens (tertiary/aromatic N) is 2. The van der Waals surface area contributed by atoms with Crippen LogP contribution >= 0.6 is 11.6 Å². The first-order chi connectivity index (χ1) is 13.1. The molecule has 5 nitrogen and oxygen atoms in total. The highest BCUT2D eigenvalue weighted by Gasteiger charge is 2.17. The van der Waals surface area contributed by atoms with E-state index in [0.29, 0.717) is 18.2 Å². The summed E-state index contributed by atoms with van der Waals surface area (Å²) in [6.45, 7) is 8.11. The molecule has 0 atom stereocenters. The SMILES string of the molecule is CCN1CCN(CC(=O)Nc2ccc(OCc3ccc(Cl)cc3)cc2)CC1. The number of ether oxygens (including phenoxy) is 1. The van der Waals surface area contributed by atoms with Crippen LogP contribution in [0.25, 0.3) is 0 Å². The van der Waals surface area contributed by atoms with Gasteiger partial charge in [-0.3, -0.25) is 9.69 Å². The molecule has 1 N–H and O–H groups in total. The van der Waals surface area contributed by atoms with Gasteiger partial charge in [-0.2, -0.15) is 0 Å². The number of benzene rings is 2. The van der Waals surface area contributed by atoms with E-state index in [1.54, 1.807) is 0 Å². The molecule has 0 spiro atoms. The van der Waals surface area contributed by atoms with E-state index in [1.165, 1.54) is 0 Å². The van der Waals surface area contributed by atoms with Crippen molar-refractivity contribution in [2.45, 2.75) is 13.5 Å². The zero-order chi connectivity index (χ0) is 19.1. The Hall–Kier alpha value is -2.08. The maximum absolute atomic E-state index is 12.2. The average Bonchev–Trinajstić information content (AvgIpc) is 2.69. The van der Waals surface area contributed by atoms with Gasteiger partial charge in [0.1, 0.15) is 12.4 Å². The van der Waals surface area contributed by atoms with Gasteiger partial charge in [0.2, 0.25) is 5.91 Å². The minimum Gasteiger partial charge on any atom is -0.489 e. The lowest BCUT2D eigenvalue weighted by atomic mass is 10.2. The first-order valence-corrected chi connectivity index (χ1v) is 9.72. The van der Waals surface area contributed by atoms with Crippen LogP contribution in [0.2, 0.25) is 5.02 Å². The second kappa shape index (κ2) is 9.74. The molecule has 0 aliphatic carbocycles. The summed E-state index contributed by atoms with van der Waals surface area (Å²) in [6, 6.07) is 15.0. The van der Waals surface area contributed by atoms with Crippen LogP contribution in [0.1, 0.15) is 12.5 Å². The van der Waals surface area contributed by atoms with Crippen molar-refractivity contribution < 1.29 is 9.53 Å². The highest BCUT2D eigenvalue weighted by molar-refractivity contribution is 6.30. The van der Waals surface area contributed by atoms with Crippen molar-refractivity contribution >= 4 is 23.2 Å². The fourth-order valence-electron chi connectivity index (χ4n) is 3.05. The Morgan fingerprint density at radius 1 is 1.00 bits per heavy atom. The minimum atomic E-state index is 0.0229. The summed E-state index contributed by atoms with van der Waals surface area (Å²) in [7, 11) is 0. The van der Waals surface area contributed by atoms with Crippen molar-refractivity contribution in [3.8, 4) is 5.75 Å². The summed E-state index contributed by atoms with van der Waals surface area (Å²) in [6.07, 6.45) is 0. The topological polar surface area (TPSA) is 44.8 Å². The van der Waals surface area contributed by atoms with Gasteiger partial charge in [-0.05, 0) is 48.5 Å². The van der Waals surface area contributed by atoms with Crippen LogP contribution in [0.5, 0.6) is 5.75 Å². The number of carbonyl (C=O) groups is 1. The molecule has 1 saturated heterocycles. The summed E-state index contributed by atoms with van der Waals surface area (Å²) < 4.78 is 5.77. The number of nitrogens with one attached hydrogen (secondary N) is 1. The Balaban J connectivity index is 1.43. The number of anilines is 1. The number of piperazine rings is 1. The van der Waals surface area contributed by atoms with Crippen molar-refractivity contribution in [1.29, 1.82) is 0 Å². The largest absolute Gasteiger partial charge is 0.489 e. The zero-order valence-corrected chi connectivity index (χ0v) is 16.4. The monoisotopic (exact) mass is 387 g/mol. The number of rotatable bonds is 7. The fourth-order valence-corrected chi connectivity index (χ4v) is 3.18. The number of hydrogen-bond donors (Lipinski definition) is 1. The lowest BCUT2D eigenvalue weighted by Gasteiger charge is -2.33. The average molecular weight is 388 g/mol. The third kappa shape index (κ3) is 6.24. The third-order valence-electron chi connectivity index (χ3n) is 4.74. The molecule has 0 radical (unpaired) electrons. The second-order valence-electron chi connectivity index (χ2n) is 6.70. The van der Waals surface area contributed by atoms with E-state index in [0.717, 1.165) is 49.7 Å². The molecule has 2 aromatic carbocycles. The van der Waals surface area contributed by atoms with Crippen LogP contribution < -0.4 is 10.1 Å². The number of likely N-dealkylation sites (N-methyl/N-ethyl adjacent to an activating group) is 1. The molecule has 1 aliphatic rings. The minimum absolute atomic E-state index is 0.0229. The lowest BCUT2D eigenvalue weighted by Crippen LogP contribution is -2.48. The summed E-state index contributed by atoms with van der Waals surface area (Å²) in [4.78, 5) is 16.8. The molecule has 0 aromatic heterocycles. The van der Waals surface area contributed by atoms with Crippen molar-refractivity contribution in [2.75, 3.05) is 44.6 Å². The Morgan fingerprint density at radius 3 is 2.26 bits per heavy atom. The van der Waals surface area contributed by atoms with Gasteiger partial charge in [0.05, 0.1) is 6.54 Å². The fraction of sp³-hybridized carbons (Fsp3) is 0.381. The van der Waals surface area contributed by atoms with Crippen LogP contribution in [0.4, 0.5) is 5.69 Å². The molecule has 2 aromatic rings. The molecule has 1 heterocycles. The Kier molecular flexibility index (Phi) is 7.10. The van der Waals surface area contributed by atoms with E-state index < -0.39 is 0 Å². The Labute approximate surface area is 165 Å². The predicted octanol–water partition coefficient (Wildman–Crippen LogP) is 3.50. The zero-order valence-electron chi connectivity index (χ0n) is 15.7. The second-order valence-corrected chi connectivity index (χ2v) is 7.13. The van der Waals surface area contributed by atoms with Crippen molar-refractivity contribution in [1.82, 2.24) is 9.80 Å². The van der Waals surface area contributed by atoms with E-state index in [9.17, 15) is 4.79 Å². The van der Waals surface area contributed by atoms with Crippen molar-refractivity contribution in [3.63, 3.8) is 0 Å². The molecule has 27 heavy (non-hydrogen) atoms. The molecule has 1 amide bonds. The van der Waals surface area contributed by atoms with Gasteiger partial charge in [-0.15, -0.1) is 0 Å². The lowest BCUT2D eigenvalue weighted by molar-refractivity contribution is -0.117. The van der Waals surface area contributed by atoms with Crippen molar-refractivity contribution in [2.24, 2.45) is 0 Å². The molecule has 1 fully saturated rings. The molecular weight excluding hydrogens is 362 g/mol. The normalized spacial score (nSPS) is 15.5. The molecule has 0 unspecified atom stereocenters. The van der Waals surface area contributed by atoms with E-state index in [-0.39, 0.29) is 5.91 Å². The summed E-state index contributed by atoms with van der Waals surface area (Å²) in [5.41, 5.74) is 1.84. The maximum atomic E-state index is 12.2. The highest BCUT2D eigenvalue weighted by atomic mass is 35.5. The number of hydrogen-bond acceptors (Lipinski definition) is 4. The predicted molar refractivity (Wildman–Crippen MR) is 109 cm³/mol. The van der Waals surface area contributed by atoms with Gasteiger partial charge in [0, 0.05) is 36.9 Å². The summed E-state index contributed by atoms with van der Waals surface area (Å²) in [5, 5.41) is 3.67.